The Balaban J connectivity index is 0.000000317. The first-order chi connectivity index (χ1) is 8.02. The van der Waals surface area contributed by atoms with E-state index in [-0.39, 0.29) is 0 Å². The Hall–Kier alpha value is -2.21. The molecule has 6 nitrogen and oxygen atoms in total. The van der Waals surface area contributed by atoms with Crippen LogP contribution < -0.4 is 4.90 Å². The number of nitrogens with zero attached hydrogens (tertiary/aromatic N) is 2. The molecule has 0 amide bonds. The Kier molecular flexibility index (Phi) is 4.36. The highest BCUT2D eigenvalue weighted by Crippen LogP contribution is 2.07. The van der Waals surface area contributed by atoms with Gasteiger partial charge in [0.1, 0.15) is 11.4 Å². The molecule has 1 aromatic carbocycles. The number of hydrogen-bond acceptors (Lipinski definition) is 4. The monoisotopic (exact) mass is 235 g/mol. The predicted octanol–water partition coefficient (Wildman–Crippen LogP) is 1.26. The number of hydrogen-bond donors (Lipinski definition) is 1. The van der Waals surface area contributed by atoms with Crippen LogP contribution in [0.1, 0.15) is 13.8 Å². The minimum atomic E-state index is -1.75. The van der Waals surface area contributed by atoms with Crippen molar-refractivity contribution in [3.63, 3.8) is 0 Å². The van der Waals surface area contributed by atoms with Crippen LogP contribution >= 0.6 is 0 Å². The van der Waals surface area contributed by atoms with Crippen LogP contribution in [0.5, 0.6) is 0 Å². The summed E-state index contributed by atoms with van der Waals surface area (Å²) in [4.78, 5) is 13.8. The second-order valence-electron chi connectivity index (χ2n) is 3.47. The Morgan fingerprint density at radius 1 is 1.18 bits per heavy atom. The third-order valence-electron chi connectivity index (χ3n) is 2.42. The van der Waals surface area contributed by atoms with Gasteiger partial charge in [0.2, 0.25) is 0 Å². The molecule has 1 aliphatic heterocycles. The van der Waals surface area contributed by atoms with E-state index in [1.165, 1.54) is 16.3 Å². The quantitative estimate of drug-likeness (QED) is 0.587. The van der Waals surface area contributed by atoms with Crippen molar-refractivity contribution in [3.8, 4) is 0 Å². The topological polar surface area (TPSA) is 83.0 Å². The molecular formula is C11H13N3O3. The predicted molar refractivity (Wildman–Crippen MR) is 64.3 cm³/mol. The molecule has 90 valence electrons. The zero-order valence-electron chi connectivity index (χ0n) is 9.58. The minimum Gasteiger partial charge on any atom is -0.356 e. The standard InChI is InChI=1S/C11H12N2.NO3/c1-9-10(2)13(8-12-9)11-6-4-3-5-7-11;2-1(3)4/h3-8H,1-2H3;/q;-1/p+1. The molecule has 1 N–H and O–H groups in total. The lowest BCUT2D eigenvalue weighted by Crippen LogP contribution is -3.02. The SMILES string of the molecule is CC1=C(C)[NH+](c2ccccc2)C=N1.O=[N+]([O-])[O-]. The van der Waals surface area contributed by atoms with Gasteiger partial charge in [0.15, 0.2) is 6.34 Å². The molecule has 0 aromatic heterocycles. The van der Waals surface area contributed by atoms with Gasteiger partial charge in [-0.15, -0.1) is 0 Å². The van der Waals surface area contributed by atoms with E-state index in [2.05, 4.69) is 36.2 Å². The second-order valence-corrected chi connectivity index (χ2v) is 3.47. The highest BCUT2D eigenvalue weighted by Gasteiger charge is 2.19. The first-order valence-electron chi connectivity index (χ1n) is 4.98. The summed E-state index contributed by atoms with van der Waals surface area (Å²) in [7, 11) is 0. The van der Waals surface area contributed by atoms with Gasteiger partial charge in [-0.05, 0) is 19.1 Å². The van der Waals surface area contributed by atoms with Crippen molar-refractivity contribution in [2.75, 3.05) is 0 Å². The van der Waals surface area contributed by atoms with Crippen LogP contribution in [-0.2, 0) is 0 Å². The van der Waals surface area contributed by atoms with E-state index in [1.807, 2.05) is 19.3 Å². The molecule has 1 aromatic rings. The normalized spacial score (nSPS) is 17.6. The summed E-state index contributed by atoms with van der Waals surface area (Å²) in [5.74, 6) is 0. The fourth-order valence-electron chi connectivity index (χ4n) is 1.46. The number of rotatable bonds is 1. The molecule has 1 heterocycles. The van der Waals surface area contributed by atoms with E-state index in [0.717, 1.165) is 5.70 Å². The van der Waals surface area contributed by atoms with E-state index in [1.54, 1.807) is 0 Å². The molecule has 1 aliphatic rings. The van der Waals surface area contributed by atoms with Crippen LogP contribution in [0.2, 0.25) is 0 Å². The third-order valence-corrected chi connectivity index (χ3v) is 2.42. The fourth-order valence-corrected chi connectivity index (χ4v) is 1.46. The maximum Gasteiger partial charge on any atom is 0.198 e. The number of benzene rings is 1. The summed E-state index contributed by atoms with van der Waals surface area (Å²) in [6.07, 6.45) is 1.94. The van der Waals surface area contributed by atoms with Crippen LogP contribution in [0.25, 0.3) is 0 Å². The molecule has 0 spiro atoms. The summed E-state index contributed by atoms with van der Waals surface area (Å²) in [5, 5.41) is 14.8. The van der Waals surface area contributed by atoms with Gasteiger partial charge in [0.05, 0.1) is 10.8 Å². The van der Waals surface area contributed by atoms with Crippen molar-refractivity contribution >= 4 is 12.0 Å². The van der Waals surface area contributed by atoms with Crippen LogP contribution in [0.4, 0.5) is 5.69 Å². The summed E-state index contributed by atoms with van der Waals surface area (Å²) >= 11 is 0. The largest absolute Gasteiger partial charge is 0.356 e. The van der Waals surface area contributed by atoms with Crippen molar-refractivity contribution in [3.05, 3.63) is 57.0 Å². The first kappa shape index (κ1) is 12.9. The molecule has 0 fully saturated rings. The second kappa shape index (κ2) is 5.76. The first-order valence-corrected chi connectivity index (χ1v) is 4.98. The Morgan fingerprint density at radius 2 is 1.71 bits per heavy atom. The van der Waals surface area contributed by atoms with Crippen molar-refractivity contribution in [1.82, 2.24) is 0 Å². The lowest BCUT2D eigenvalue weighted by Gasteiger charge is -2.08. The van der Waals surface area contributed by atoms with Gasteiger partial charge in [0.25, 0.3) is 0 Å². The number of aliphatic imine (C=N–C) groups is 1. The van der Waals surface area contributed by atoms with Gasteiger partial charge < -0.3 is 15.3 Å². The number of para-hydroxylation sites is 1. The van der Waals surface area contributed by atoms with E-state index >= 15 is 0 Å². The lowest BCUT2D eigenvalue weighted by molar-refractivity contribution is -0.673. The fraction of sp³-hybridized carbons (Fsp3) is 0.182. The highest BCUT2D eigenvalue weighted by atomic mass is 16.9. The maximum absolute atomic E-state index is 8.25. The Bertz CT molecular complexity index is 450. The van der Waals surface area contributed by atoms with Crippen LogP contribution in [0, 0.1) is 15.3 Å². The van der Waals surface area contributed by atoms with E-state index in [9.17, 15) is 0 Å². The van der Waals surface area contributed by atoms with Gasteiger partial charge >= 0.3 is 0 Å². The maximum atomic E-state index is 8.25. The smallest absolute Gasteiger partial charge is 0.198 e. The van der Waals surface area contributed by atoms with E-state index < -0.39 is 5.09 Å². The van der Waals surface area contributed by atoms with Gasteiger partial charge in [0, 0.05) is 6.92 Å². The van der Waals surface area contributed by atoms with Crippen LogP contribution in [-0.4, -0.2) is 11.4 Å². The van der Waals surface area contributed by atoms with Crippen molar-refractivity contribution < 1.29 is 9.99 Å². The van der Waals surface area contributed by atoms with Crippen molar-refractivity contribution in [2.45, 2.75) is 13.8 Å². The van der Waals surface area contributed by atoms with E-state index in [0.29, 0.717) is 0 Å². The summed E-state index contributed by atoms with van der Waals surface area (Å²) in [5.41, 5.74) is 3.66. The summed E-state index contributed by atoms with van der Waals surface area (Å²) in [6, 6.07) is 10.4. The molecule has 0 bridgehead atoms. The molecule has 6 heteroatoms. The molecule has 0 saturated heterocycles. The molecule has 0 saturated carbocycles. The molecule has 1 unspecified atom stereocenters. The summed E-state index contributed by atoms with van der Waals surface area (Å²) in [6.45, 7) is 4.16. The molecule has 2 rings (SSSR count). The number of quaternary nitrogens is 1. The zero-order valence-corrected chi connectivity index (χ0v) is 9.58. The van der Waals surface area contributed by atoms with Crippen molar-refractivity contribution in [2.24, 2.45) is 4.99 Å². The lowest BCUT2D eigenvalue weighted by atomic mass is 10.3. The Labute approximate surface area is 98.6 Å². The average molecular weight is 235 g/mol. The van der Waals surface area contributed by atoms with Gasteiger partial charge in [-0.2, -0.15) is 0 Å². The van der Waals surface area contributed by atoms with Crippen LogP contribution in [0.3, 0.4) is 0 Å². The highest BCUT2D eigenvalue weighted by molar-refractivity contribution is 5.56. The zero-order chi connectivity index (χ0) is 12.8. The Morgan fingerprint density at radius 3 is 2.12 bits per heavy atom. The molecule has 0 radical (unpaired) electrons. The molecular weight excluding hydrogens is 222 g/mol. The number of allylic oxidation sites excluding steroid dienone is 2. The van der Waals surface area contributed by atoms with Crippen LogP contribution in [0.15, 0.2) is 46.7 Å². The molecule has 0 aliphatic carbocycles. The van der Waals surface area contributed by atoms with Crippen molar-refractivity contribution in [1.29, 1.82) is 0 Å². The van der Waals surface area contributed by atoms with E-state index in [4.69, 9.17) is 15.3 Å². The molecule has 17 heavy (non-hydrogen) atoms. The third kappa shape index (κ3) is 3.69. The summed E-state index contributed by atoms with van der Waals surface area (Å²) < 4.78 is 0. The van der Waals surface area contributed by atoms with Gasteiger partial charge in [-0.25, -0.2) is 9.89 Å². The van der Waals surface area contributed by atoms with Gasteiger partial charge in [-0.1, -0.05) is 18.2 Å². The molecule has 1 atom stereocenters. The number of nitrogens with one attached hydrogen (secondary N) is 1. The minimum absolute atomic E-state index is 1.12. The van der Waals surface area contributed by atoms with Gasteiger partial charge in [-0.3, -0.25) is 0 Å². The average Bonchev–Trinajstić information content (AvgIpc) is 2.60.